The molecule has 0 saturated carbocycles. The predicted octanol–water partition coefficient (Wildman–Crippen LogP) is 5.36. The molecule has 2 heterocycles. The van der Waals surface area contributed by atoms with E-state index in [0.29, 0.717) is 32.6 Å². The van der Waals surface area contributed by atoms with E-state index in [1.54, 1.807) is 13.0 Å². The van der Waals surface area contributed by atoms with Gasteiger partial charge in [-0.1, -0.05) is 18.2 Å². The highest BCUT2D eigenvalue weighted by atomic mass is 32.1. The van der Waals surface area contributed by atoms with Crippen LogP contribution in [0.1, 0.15) is 39.5 Å². The Kier molecular flexibility index (Phi) is 5.15. The lowest BCUT2D eigenvalue weighted by Gasteiger charge is -2.14. The number of hydrogen-bond acceptors (Lipinski definition) is 5. The molecular formula is C21H17F3N2O3S. The monoisotopic (exact) mass is 434 g/mol. The maximum atomic E-state index is 12.8. The molecular weight excluding hydrogens is 417 g/mol. The number of carbonyl (C=O) groups is 1. The van der Waals surface area contributed by atoms with Crippen molar-refractivity contribution in [3.05, 3.63) is 64.2 Å². The lowest BCUT2D eigenvalue weighted by molar-refractivity contribution is -0.137. The Hall–Kier alpha value is -3.07. The molecule has 30 heavy (non-hydrogen) atoms. The van der Waals surface area contributed by atoms with Crippen LogP contribution >= 0.6 is 11.3 Å². The number of nitrogens with zero attached hydrogens (tertiary/aromatic N) is 1. The first-order valence-electron chi connectivity index (χ1n) is 9.08. The second kappa shape index (κ2) is 7.64. The normalized spacial score (nSPS) is 13.9. The van der Waals surface area contributed by atoms with Crippen molar-refractivity contribution < 1.29 is 27.4 Å². The summed E-state index contributed by atoms with van der Waals surface area (Å²) in [6.07, 6.45) is -4.40. The van der Waals surface area contributed by atoms with Gasteiger partial charge in [-0.3, -0.25) is 4.79 Å². The number of alkyl halides is 3. The van der Waals surface area contributed by atoms with Crippen molar-refractivity contribution in [1.82, 2.24) is 10.3 Å². The van der Waals surface area contributed by atoms with Gasteiger partial charge >= 0.3 is 6.18 Å². The summed E-state index contributed by atoms with van der Waals surface area (Å²) in [5, 5.41) is 3.41. The van der Waals surface area contributed by atoms with Crippen LogP contribution in [-0.4, -0.2) is 17.7 Å². The number of thiazole rings is 1. The van der Waals surface area contributed by atoms with Crippen LogP contribution in [0.3, 0.4) is 0 Å². The Labute approximate surface area is 174 Å². The number of halogens is 3. The largest absolute Gasteiger partial charge is 0.454 e. The number of hydrogen-bond donors (Lipinski definition) is 1. The van der Waals surface area contributed by atoms with Gasteiger partial charge in [0.2, 0.25) is 6.79 Å². The molecule has 1 atom stereocenters. The van der Waals surface area contributed by atoms with E-state index in [9.17, 15) is 18.0 Å². The quantitative estimate of drug-likeness (QED) is 0.601. The fourth-order valence-corrected chi connectivity index (χ4v) is 4.04. The molecule has 1 unspecified atom stereocenters. The molecule has 0 bridgehead atoms. The molecule has 2 aromatic carbocycles. The van der Waals surface area contributed by atoms with Crippen LogP contribution in [0.2, 0.25) is 0 Å². The van der Waals surface area contributed by atoms with E-state index >= 15 is 0 Å². The van der Waals surface area contributed by atoms with Crippen molar-refractivity contribution >= 4 is 17.2 Å². The van der Waals surface area contributed by atoms with Crippen LogP contribution < -0.4 is 14.8 Å². The van der Waals surface area contributed by atoms with E-state index in [1.807, 2.05) is 19.1 Å². The number of nitrogens with one attached hydrogen (secondary N) is 1. The van der Waals surface area contributed by atoms with E-state index in [0.717, 1.165) is 29.0 Å². The summed E-state index contributed by atoms with van der Waals surface area (Å²) in [6.45, 7) is 3.72. The smallest absolute Gasteiger partial charge is 0.416 e. The molecule has 5 nitrogen and oxygen atoms in total. The lowest BCUT2D eigenvalue weighted by Crippen LogP contribution is -2.26. The zero-order chi connectivity index (χ0) is 21.5. The topological polar surface area (TPSA) is 60.5 Å². The second-order valence-corrected chi connectivity index (χ2v) is 7.82. The van der Waals surface area contributed by atoms with Gasteiger partial charge < -0.3 is 14.8 Å². The summed E-state index contributed by atoms with van der Waals surface area (Å²) in [5.74, 6) is 0.997. The minimum Gasteiger partial charge on any atom is -0.454 e. The number of aryl methyl sites for hydroxylation is 1. The van der Waals surface area contributed by atoms with Crippen LogP contribution in [0.15, 0.2) is 42.5 Å². The molecule has 0 saturated heterocycles. The summed E-state index contributed by atoms with van der Waals surface area (Å²) < 4.78 is 48.9. The van der Waals surface area contributed by atoms with E-state index < -0.39 is 11.7 Å². The Morgan fingerprint density at radius 1 is 1.13 bits per heavy atom. The molecule has 0 spiro atoms. The van der Waals surface area contributed by atoms with E-state index in [4.69, 9.17) is 9.47 Å². The van der Waals surface area contributed by atoms with Gasteiger partial charge in [0.05, 0.1) is 17.3 Å². The molecule has 1 amide bonds. The fourth-order valence-electron chi connectivity index (χ4n) is 3.06. The standard InChI is InChI=1S/C21H17F3N2O3S/c1-11(14-5-8-16-17(9-14)29-10-28-16)25-19(27)18-12(2)26-20(30-18)13-3-6-15(7-4-13)21(22,23)24/h3-9,11H,10H2,1-2H3,(H,25,27). The van der Waals surface area contributed by atoms with Gasteiger partial charge in [0.15, 0.2) is 11.5 Å². The second-order valence-electron chi connectivity index (χ2n) is 6.82. The summed E-state index contributed by atoms with van der Waals surface area (Å²) in [7, 11) is 0. The zero-order valence-electron chi connectivity index (χ0n) is 16.0. The van der Waals surface area contributed by atoms with Crippen molar-refractivity contribution in [3.8, 4) is 22.1 Å². The maximum absolute atomic E-state index is 12.8. The molecule has 1 aliphatic rings. The summed E-state index contributed by atoms with van der Waals surface area (Å²) >= 11 is 1.14. The average molecular weight is 434 g/mol. The third-order valence-corrected chi connectivity index (χ3v) is 5.91. The van der Waals surface area contributed by atoms with Crippen LogP contribution in [0.25, 0.3) is 10.6 Å². The van der Waals surface area contributed by atoms with Crippen molar-refractivity contribution in [2.24, 2.45) is 0 Å². The summed E-state index contributed by atoms with van der Waals surface area (Å²) in [6, 6.07) is 9.91. The molecule has 9 heteroatoms. The Balaban J connectivity index is 1.50. The first-order chi connectivity index (χ1) is 14.2. The van der Waals surface area contributed by atoms with Gasteiger partial charge in [-0.25, -0.2) is 4.98 Å². The number of carbonyl (C=O) groups excluding carboxylic acids is 1. The van der Waals surface area contributed by atoms with Crippen molar-refractivity contribution in [2.45, 2.75) is 26.1 Å². The van der Waals surface area contributed by atoms with E-state index in [-0.39, 0.29) is 18.7 Å². The molecule has 3 aromatic rings. The summed E-state index contributed by atoms with van der Waals surface area (Å²) in [5.41, 5.74) is 1.18. The molecule has 1 aromatic heterocycles. The third kappa shape index (κ3) is 3.97. The fraction of sp³-hybridized carbons (Fsp3) is 0.238. The van der Waals surface area contributed by atoms with Crippen LogP contribution in [0.5, 0.6) is 11.5 Å². The van der Waals surface area contributed by atoms with Crippen LogP contribution in [0, 0.1) is 6.92 Å². The number of rotatable bonds is 4. The average Bonchev–Trinajstić information content (AvgIpc) is 3.33. The van der Waals surface area contributed by atoms with Gasteiger partial charge in [-0.05, 0) is 43.7 Å². The number of benzene rings is 2. The van der Waals surface area contributed by atoms with Crippen LogP contribution in [0.4, 0.5) is 13.2 Å². The number of ether oxygens (including phenoxy) is 2. The first kappa shape index (κ1) is 20.2. The minimum atomic E-state index is -4.40. The Morgan fingerprint density at radius 3 is 2.53 bits per heavy atom. The zero-order valence-corrected chi connectivity index (χ0v) is 16.9. The van der Waals surface area contributed by atoms with Crippen LogP contribution in [-0.2, 0) is 6.18 Å². The predicted molar refractivity (Wildman–Crippen MR) is 106 cm³/mol. The maximum Gasteiger partial charge on any atom is 0.416 e. The molecule has 156 valence electrons. The highest BCUT2D eigenvalue weighted by Crippen LogP contribution is 2.35. The number of fused-ring (bicyclic) bond motifs is 1. The van der Waals surface area contributed by atoms with Gasteiger partial charge in [0.25, 0.3) is 5.91 Å². The molecule has 4 rings (SSSR count). The minimum absolute atomic E-state index is 0.173. The van der Waals surface area contributed by atoms with E-state index in [2.05, 4.69) is 10.3 Å². The van der Waals surface area contributed by atoms with Gasteiger partial charge in [-0.15, -0.1) is 11.3 Å². The Morgan fingerprint density at radius 2 is 1.83 bits per heavy atom. The highest BCUT2D eigenvalue weighted by molar-refractivity contribution is 7.17. The molecule has 1 N–H and O–H groups in total. The van der Waals surface area contributed by atoms with Crippen molar-refractivity contribution in [1.29, 1.82) is 0 Å². The molecule has 0 radical (unpaired) electrons. The number of amides is 1. The summed E-state index contributed by atoms with van der Waals surface area (Å²) in [4.78, 5) is 17.5. The Bertz CT molecular complexity index is 1090. The number of aromatic nitrogens is 1. The molecule has 0 fully saturated rings. The lowest BCUT2D eigenvalue weighted by atomic mass is 10.1. The third-order valence-electron chi connectivity index (χ3n) is 4.71. The SMILES string of the molecule is Cc1nc(-c2ccc(C(F)(F)F)cc2)sc1C(=O)NC(C)c1ccc2c(c1)OCO2. The van der Waals surface area contributed by atoms with Crippen molar-refractivity contribution in [2.75, 3.05) is 6.79 Å². The van der Waals surface area contributed by atoms with Gasteiger partial charge in [0.1, 0.15) is 9.88 Å². The van der Waals surface area contributed by atoms with Gasteiger partial charge in [0, 0.05) is 5.56 Å². The molecule has 0 aliphatic carbocycles. The van der Waals surface area contributed by atoms with Gasteiger partial charge in [-0.2, -0.15) is 13.2 Å². The van der Waals surface area contributed by atoms with Crippen molar-refractivity contribution in [3.63, 3.8) is 0 Å². The molecule has 1 aliphatic heterocycles. The van der Waals surface area contributed by atoms with E-state index in [1.165, 1.54) is 12.1 Å². The first-order valence-corrected chi connectivity index (χ1v) is 9.89. The highest BCUT2D eigenvalue weighted by Gasteiger charge is 2.30.